The molecular formula is C13H13NOS. The fourth-order valence-corrected chi connectivity index (χ4v) is 2.25. The van der Waals surface area contributed by atoms with Crippen LogP contribution in [0.5, 0.6) is 0 Å². The first-order chi connectivity index (χ1) is 7.74. The summed E-state index contributed by atoms with van der Waals surface area (Å²) in [5.41, 5.74) is 1.04. The Hall–Kier alpha value is -1.61. The highest BCUT2D eigenvalue weighted by atomic mass is 32.1. The van der Waals surface area contributed by atoms with Gasteiger partial charge in [0.05, 0.1) is 11.4 Å². The summed E-state index contributed by atoms with van der Waals surface area (Å²) >= 11 is 1.59. The molecule has 82 valence electrons. The van der Waals surface area contributed by atoms with E-state index in [2.05, 4.69) is 5.32 Å². The first-order valence-electron chi connectivity index (χ1n) is 5.14. The number of amides is 1. The van der Waals surface area contributed by atoms with Crippen LogP contribution in [0.2, 0.25) is 0 Å². The van der Waals surface area contributed by atoms with Gasteiger partial charge in [-0.2, -0.15) is 0 Å². The third-order valence-corrected chi connectivity index (χ3v) is 3.13. The molecule has 1 aromatic carbocycles. The number of hydrogen-bond acceptors (Lipinski definition) is 2. The van der Waals surface area contributed by atoms with Gasteiger partial charge >= 0.3 is 0 Å². The maximum absolute atomic E-state index is 11.7. The summed E-state index contributed by atoms with van der Waals surface area (Å²) in [7, 11) is 0. The minimum atomic E-state index is 0.0352. The van der Waals surface area contributed by atoms with Crippen molar-refractivity contribution in [1.29, 1.82) is 0 Å². The first kappa shape index (κ1) is 10.9. The number of hydrogen-bond donors (Lipinski definition) is 1. The molecule has 0 aliphatic carbocycles. The van der Waals surface area contributed by atoms with Crippen LogP contribution in [0.25, 0.3) is 0 Å². The van der Waals surface area contributed by atoms with Crippen LogP contribution >= 0.6 is 11.3 Å². The molecule has 1 heterocycles. The summed E-state index contributed by atoms with van der Waals surface area (Å²) in [4.78, 5) is 12.9. The lowest BCUT2D eigenvalue weighted by Gasteiger charge is -2.02. The highest BCUT2D eigenvalue weighted by Crippen LogP contribution is 2.20. The van der Waals surface area contributed by atoms with Gasteiger partial charge in [-0.1, -0.05) is 30.3 Å². The minimum absolute atomic E-state index is 0.0352. The van der Waals surface area contributed by atoms with Crippen molar-refractivity contribution < 1.29 is 4.79 Å². The van der Waals surface area contributed by atoms with Gasteiger partial charge < -0.3 is 5.32 Å². The number of carbonyl (C=O) groups is 1. The van der Waals surface area contributed by atoms with Crippen LogP contribution in [-0.2, 0) is 11.2 Å². The van der Waals surface area contributed by atoms with Gasteiger partial charge in [0.25, 0.3) is 0 Å². The van der Waals surface area contributed by atoms with Crippen LogP contribution < -0.4 is 5.32 Å². The number of benzene rings is 1. The van der Waals surface area contributed by atoms with E-state index in [0.717, 1.165) is 10.6 Å². The standard InChI is InChI=1S/C13H13NOS/c1-10-7-8-13(16-10)14-12(15)9-11-5-3-2-4-6-11/h2-8H,9H2,1H3,(H,14,15). The third kappa shape index (κ3) is 2.94. The predicted octanol–water partition coefficient (Wildman–Crippen LogP) is 3.24. The molecule has 1 N–H and O–H groups in total. The monoisotopic (exact) mass is 231 g/mol. The number of rotatable bonds is 3. The quantitative estimate of drug-likeness (QED) is 0.863. The summed E-state index contributed by atoms with van der Waals surface area (Å²) in [6.45, 7) is 2.03. The first-order valence-corrected chi connectivity index (χ1v) is 5.96. The molecule has 0 atom stereocenters. The van der Waals surface area contributed by atoms with Gasteiger partial charge in [0.1, 0.15) is 0 Å². The molecule has 3 heteroatoms. The lowest BCUT2D eigenvalue weighted by Crippen LogP contribution is -2.13. The van der Waals surface area contributed by atoms with Crippen molar-refractivity contribution in [2.24, 2.45) is 0 Å². The molecule has 2 rings (SSSR count). The molecule has 2 aromatic rings. The molecule has 2 nitrogen and oxygen atoms in total. The molecule has 16 heavy (non-hydrogen) atoms. The van der Waals surface area contributed by atoms with Crippen LogP contribution in [-0.4, -0.2) is 5.91 Å². The zero-order valence-electron chi connectivity index (χ0n) is 9.07. The molecule has 0 saturated heterocycles. The molecule has 0 bridgehead atoms. The van der Waals surface area contributed by atoms with Crippen molar-refractivity contribution in [2.45, 2.75) is 13.3 Å². The Morgan fingerprint density at radius 3 is 2.56 bits per heavy atom. The molecule has 0 aliphatic heterocycles. The fourth-order valence-electron chi connectivity index (χ4n) is 1.46. The van der Waals surface area contributed by atoms with Crippen molar-refractivity contribution in [3.05, 3.63) is 52.9 Å². The third-order valence-electron chi connectivity index (χ3n) is 2.21. The number of aryl methyl sites for hydroxylation is 1. The number of nitrogens with one attached hydrogen (secondary N) is 1. The minimum Gasteiger partial charge on any atom is -0.317 e. The topological polar surface area (TPSA) is 29.1 Å². The van der Waals surface area contributed by atoms with E-state index in [0.29, 0.717) is 6.42 Å². The summed E-state index contributed by atoms with van der Waals surface area (Å²) in [5.74, 6) is 0.0352. The Kier molecular flexibility index (Phi) is 3.37. The zero-order valence-corrected chi connectivity index (χ0v) is 9.88. The molecule has 1 amide bonds. The second kappa shape index (κ2) is 4.94. The largest absolute Gasteiger partial charge is 0.317 e. The predicted molar refractivity (Wildman–Crippen MR) is 67.8 cm³/mol. The molecular weight excluding hydrogens is 218 g/mol. The van der Waals surface area contributed by atoms with Gasteiger partial charge in [-0.05, 0) is 24.6 Å². The van der Waals surface area contributed by atoms with Crippen molar-refractivity contribution >= 4 is 22.2 Å². The molecule has 0 unspecified atom stereocenters. The number of thiophene rings is 1. The van der Waals surface area contributed by atoms with Gasteiger partial charge in [0.15, 0.2) is 0 Å². The van der Waals surface area contributed by atoms with Crippen molar-refractivity contribution in [3.63, 3.8) is 0 Å². The maximum Gasteiger partial charge on any atom is 0.229 e. The molecule has 1 aromatic heterocycles. The molecule has 0 saturated carbocycles. The average Bonchev–Trinajstić information content (AvgIpc) is 2.65. The zero-order chi connectivity index (χ0) is 11.4. The number of anilines is 1. The van der Waals surface area contributed by atoms with Crippen molar-refractivity contribution in [1.82, 2.24) is 0 Å². The van der Waals surface area contributed by atoms with E-state index in [1.54, 1.807) is 11.3 Å². The van der Waals surface area contributed by atoms with Crippen LogP contribution in [0.1, 0.15) is 10.4 Å². The van der Waals surface area contributed by atoms with E-state index >= 15 is 0 Å². The molecule has 0 radical (unpaired) electrons. The number of carbonyl (C=O) groups excluding carboxylic acids is 1. The van der Waals surface area contributed by atoms with E-state index in [1.807, 2.05) is 49.4 Å². The Morgan fingerprint density at radius 1 is 1.19 bits per heavy atom. The van der Waals surface area contributed by atoms with Crippen LogP contribution in [0.3, 0.4) is 0 Å². The van der Waals surface area contributed by atoms with Gasteiger partial charge in [0.2, 0.25) is 5.91 Å². The highest BCUT2D eigenvalue weighted by Gasteiger charge is 2.04. The van der Waals surface area contributed by atoms with Crippen LogP contribution in [0.4, 0.5) is 5.00 Å². The lowest BCUT2D eigenvalue weighted by molar-refractivity contribution is -0.115. The van der Waals surface area contributed by atoms with E-state index in [1.165, 1.54) is 4.88 Å². The summed E-state index contributed by atoms with van der Waals surface area (Å²) in [6.07, 6.45) is 0.428. The lowest BCUT2D eigenvalue weighted by atomic mass is 10.1. The summed E-state index contributed by atoms with van der Waals surface area (Å²) < 4.78 is 0. The van der Waals surface area contributed by atoms with E-state index < -0.39 is 0 Å². The summed E-state index contributed by atoms with van der Waals surface area (Å²) in [6, 6.07) is 13.7. The van der Waals surface area contributed by atoms with Crippen LogP contribution in [0.15, 0.2) is 42.5 Å². The Bertz CT molecular complexity index is 476. The van der Waals surface area contributed by atoms with Gasteiger partial charge in [-0.25, -0.2) is 0 Å². The molecule has 0 fully saturated rings. The van der Waals surface area contributed by atoms with Gasteiger partial charge in [0, 0.05) is 4.88 Å². The highest BCUT2D eigenvalue weighted by molar-refractivity contribution is 7.16. The summed E-state index contributed by atoms with van der Waals surface area (Å²) in [5, 5.41) is 3.81. The van der Waals surface area contributed by atoms with E-state index in [4.69, 9.17) is 0 Å². The van der Waals surface area contributed by atoms with Gasteiger partial charge in [-0.15, -0.1) is 11.3 Å². The maximum atomic E-state index is 11.7. The van der Waals surface area contributed by atoms with Crippen LogP contribution in [0, 0.1) is 6.92 Å². The Balaban J connectivity index is 1.95. The van der Waals surface area contributed by atoms with Crippen molar-refractivity contribution in [2.75, 3.05) is 5.32 Å². The Morgan fingerprint density at radius 2 is 1.94 bits per heavy atom. The molecule has 0 spiro atoms. The fraction of sp³-hybridized carbons (Fsp3) is 0.154. The van der Waals surface area contributed by atoms with E-state index in [-0.39, 0.29) is 5.91 Å². The van der Waals surface area contributed by atoms with Gasteiger partial charge in [-0.3, -0.25) is 4.79 Å². The van der Waals surface area contributed by atoms with Crippen molar-refractivity contribution in [3.8, 4) is 0 Å². The average molecular weight is 231 g/mol. The Labute approximate surface area is 98.9 Å². The molecule has 0 aliphatic rings. The second-order valence-corrected chi connectivity index (χ2v) is 4.91. The smallest absolute Gasteiger partial charge is 0.229 e. The second-order valence-electron chi connectivity index (χ2n) is 3.62. The SMILES string of the molecule is Cc1ccc(NC(=O)Cc2ccccc2)s1. The van der Waals surface area contributed by atoms with E-state index in [9.17, 15) is 4.79 Å². The normalized spacial score (nSPS) is 10.1.